The molecule has 0 aliphatic carbocycles. The van der Waals surface area contributed by atoms with E-state index in [1.807, 2.05) is 40.9 Å². The van der Waals surface area contributed by atoms with E-state index in [1.54, 1.807) is 7.11 Å². The molecule has 8 nitrogen and oxygen atoms in total. The number of benzene rings is 2. The van der Waals surface area contributed by atoms with Gasteiger partial charge in [0.1, 0.15) is 19.0 Å². The van der Waals surface area contributed by atoms with Gasteiger partial charge in [-0.15, -0.1) is 0 Å². The molecule has 8 heteroatoms. The first-order valence-corrected chi connectivity index (χ1v) is 7.90. The maximum absolute atomic E-state index is 5.65. The van der Waals surface area contributed by atoms with Gasteiger partial charge in [-0.05, 0) is 12.1 Å². The predicted molar refractivity (Wildman–Crippen MR) is 92.1 cm³/mol. The van der Waals surface area contributed by atoms with Crippen LogP contribution in [0.4, 0.5) is 11.6 Å². The molecule has 0 fully saturated rings. The summed E-state index contributed by atoms with van der Waals surface area (Å²) in [4.78, 5) is 9.04. The summed E-state index contributed by atoms with van der Waals surface area (Å²) in [7, 11) is 1.63. The summed E-state index contributed by atoms with van der Waals surface area (Å²) < 4.78 is 18.4. The third-order valence-corrected chi connectivity index (χ3v) is 4.09. The van der Waals surface area contributed by atoms with Crippen molar-refractivity contribution in [2.75, 3.05) is 25.6 Å². The largest absolute Gasteiger partial charge is 0.495 e. The van der Waals surface area contributed by atoms with Crippen LogP contribution >= 0.6 is 0 Å². The molecular weight excluding hydrogens is 322 g/mol. The van der Waals surface area contributed by atoms with Crippen LogP contribution in [-0.2, 0) is 0 Å². The van der Waals surface area contributed by atoms with Crippen LogP contribution in [0.15, 0.2) is 36.4 Å². The molecule has 0 saturated carbocycles. The number of nitrogens with one attached hydrogen (secondary N) is 2. The molecule has 2 aromatic carbocycles. The van der Waals surface area contributed by atoms with Gasteiger partial charge in [-0.1, -0.05) is 12.1 Å². The van der Waals surface area contributed by atoms with Gasteiger partial charge >= 0.3 is 0 Å². The Hall–Kier alpha value is -3.42. The maximum atomic E-state index is 5.65. The van der Waals surface area contributed by atoms with Crippen LogP contribution in [0.3, 0.4) is 0 Å². The van der Waals surface area contributed by atoms with Gasteiger partial charge in [0.25, 0.3) is 5.78 Å². The second kappa shape index (κ2) is 5.30. The van der Waals surface area contributed by atoms with E-state index in [1.165, 1.54) is 0 Å². The van der Waals surface area contributed by atoms with Crippen LogP contribution < -0.4 is 19.5 Å². The second-order valence-corrected chi connectivity index (χ2v) is 5.63. The molecule has 1 aliphatic rings. The van der Waals surface area contributed by atoms with E-state index >= 15 is 0 Å². The van der Waals surface area contributed by atoms with Crippen LogP contribution in [-0.4, -0.2) is 39.9 Å². The molecule has 0 spiro atoms. The number of aromatic nitrogens is 4. The number of aromatic amines is 1. The van der Waals surface area contributed by atoms with Gasteiger partial charge < -0.3 is 19.5 Å². The van der Waals surface area contributed by atoms with Gasteiger partial charge in [0, 0.05) is 12.1 Å². The Morgan fingerprint density at radius 2 is 1.92 bits per heavy atom. The summed E-state index contributed by atoms with van der Waals surface area (Å²) in [5, 5.41) is 6.42. The van der Waals surface area contributed by atoms with Gasteiger partial charge in [0.15, 0.2) is 11.5 Å². The summed E-state index contributed by atoms with van der Waals surface area (Å²) in [5.41, 5.74) is 2.49. The number of nitrogens with zero attached hydrogens (tertiary/aromatic N) is 3. The van der Waals surface area contributed by atoms with E-state index in [9.17, 15) is 0 Å². The first-order valence-electron chi connectivity index (χ1n) is 7.90. The molecule has 4 aromatic rings. The third-order valence-electron chi connectivity index (χ3n) is 4.09. The number of hydrogen-bond donors (Lipinski definition) is 2. The van der Waals surface area contributed by atoms with Crippen LogP contribution in [0.1, 0.15) is 0 Å². The number of imidazole rings is 1. The van der Waals surface area contributed by atoms with Gasteiger partial charge in [-0.3, -0.25) is 5.10 Å². The summed E-state index contributed by atoms with van der Waals surface area (Å²) in [5.74, 6) is 3.31. The van der Waals surface area contributed by atoms with Crippen molar-refractivity contribution in [1.29, 1.82) is 0 Å². The number of methoxy groups -OCH3 is 1. The van der Waals surface area contributed by atoms with Crippen molar-refractivity contribution in [1.82, 2.24) is 19.6 Å². The van der Waals surface area contributed by atoms with Gasteiger partial charge in [0.2, 0.25) is 5.95 Å². The first-order chi connectivity index (χ1) is 12.3. The summed E-state index contributed by atoms with van der Waals surface area (Å²) in [6.45, 7) is 1.10. The molecule has 2 N–H and O–H groups in total. The highest BCUT2D eigenvalue weighted by Gasteiger charge is 2.17. The lowest BCUT2D eigenvalue weighted by Gasteiger charge is -2.17. The van der Waals surface area contributed by atoms with Crippen molar-refractivity contribution >= 4 is 28.4 Å². The smallest absolute Gasteiger partial charge is 0.253 e. The predicted octanol–water partition coefficient (Wildman–Crippen LogP) is 2.73. The molecule has 1 aliphatic heterocycles. The molecule has 0 saturated heterocycles. The quantitative estimate of drug-likeness (QED) is 0.598. The number of para-hydroxylation sites is 2. The molecule has 0 atom stereocenters. The molecule has 2 aromatic heterocycles. The number of hydrogen-bond acceptors (Lipinski definition) is 6. The molecule has 5 rings (SSSR count). The molecule has 0 radical (unpaired) electrons. The van der Waals surface area contributed by atoms with Crippen LogP contribution in [0.5, 0.6) is 17.2 Å². The van der Waals surface area contributed by atoms with E-state index in [4.69, 9.17) is 14.2 Å². The van der Waals surface area contributed by atoms with Crippen molar-refractivity contribution in [3.05, 3.63) is 36.4 Å². The Morgan fingerprint density at radius 1 is 1.12 bits per heavy atom. The van der Waals surface area contributed by atoms with E-state index in [0.29, 0.717) is 30.7 Å². The Bertz CT molecular complexity index is 1080. The van der Waals surface area contributed by atoms with Crippen molar-refractivity contribution < 1.29 is 14.2 Å². The standard InChI is InChI=1S/C17H15N5O3/c1-23-13-5-3-2-4-10(13)18-16-20-17-19-11-8-14-15(25-7-6-24-14)9-12(11)22(17)21-16/h2-5,8-9H,6-7H2,1H3,(H2,18,19,20,21). The van der Waals surface area contributed by atoms with Crippen LogP contribution in [0.25, 0.3) is 16.8 Å². The Morgan fingerprint density at radius 3 is 2.76 bits per heavy atom. The second-order valence-electron chi connectivity index (χ2n) is 5.63. The lowest BCUT2D eigenvalue weighted by molar-refractivity contribution is 0.172. The fourth-order valence-electron chi connectivity index (χ4n) is 2.95. The maximum Gasteiger partial charge on any atom is 0.253 e. The Kier molecular flexibility index (Phi) is 2.96. The normalized spacial score (nSPS) is 13.3. The Labute approximate surface area is 142 Å². The molecule has 0 bridgehead atoms. The number of fused-ring (bicyclic) bond motifs is 4. The summed E-state index contributed by atoms with van der Waals surface area (Å²) in [6, 6.07) is 11.4. The minimum absolute atomic E-state index is 0.546. The van der Waals surface area contributed by atoms with Gasteiger partial charge in [-0.25, -0.2) is 9.50 Å². The zero-order chi connectivity index (χ0) is 16.8. The van der Waals surface area contributed by atoms with Crippen molar-refractivity contribution in [2.24, 2.45) is 0 Å². The summed E-state index contributed by atoms with van der Waals surface area (Å²) >= 11 is 0. The molecule has 3 heterocycles. The number of anilines is 2. The van der Waals surface area contributed by atoms with Gasteiger partial charge in [0.05, 0.1) is 23.8 Å². The minimum atomic E-state index is 0.546. The summed E-state index contributed by atoms with van der Waals surface area (Å²) in [6.07, 6.45) is 0. The van der Waals surface area contributed by atoms with Crippen molar-refractivity contribution in [3.8, 4) is 17.2 Å². The fraction of sp³-hybridized carbons (Fsp3) is 0.176. The molecule has 0 unspecified atom stereocenters. The zero-order valence-corrected chi connectivity index (χ0v) is 13.4. The van der Waals surface area contributed by atoms with E-state index < -0.39 is 0 Å². The van der Waals surface area contributed by atoms with E-state index in [2.05, 4.69) is 20.4 Å². The molecule has 126 valence electrons. The number of ether oxygens (including phenoxy) is 3. The first kappa shape index (κ1) is 14.0. The van der Waals surface area contributed by atoms with Crippen molar-refractivity contribution in [2.45, 2.75) is 0 Å². The molecule has 0 amide bonds. The number of H-pyrrole nitrogens is 1. The number of rotatable bonds is 3. The third kappa shape index (κ3) is 2.22. The average Bonchev–Trinajstić information content (AvgIpc) is 3.17. The highest BCUT2D eigenvalue weighted by atomic mass is 16.6. The average molecular weight is 337 g/mol. The monoisotopic (exact) mass is 337 g/mol. The highest BCUT2D eigenvalue weighted by Crippen LogP contribution is 2.34. The highest BCUT2D eigenvalue weighted by molar-refractivity contribution is 5.83. The van der Waals surface area contributed by atoms with Crippen molar-refractivity contribution in [3.63, 3.8) is 0 Å². The van der Waals surface area contributed by atoms with E-state index in [-0.39, 0.29) is 0 Å². The SMILES string of the molecule is COc1ccccc1Nc1nc2nc3cc4c(cc3n2[nH]1)OCCO4. The minimum Gasteiger partial charge on any atom is -0.495 e. The molecule has 25 heavy (non-hydrogen) atoms. The Balaban J connectivity index is 1.57. The van der Waals surface area contributed by atoms with E-state index in [0.717, 1.165) is 28.2 Å². The van der Waals surface area contributed by atoms with Crippen LogP contribution in [0.2, 0.25) is 0 Å². The van der Waals surface area contributed by atoms with Crippen LogP contribution in [0, 0.1) is 0 Å². The lowest BCUT2D eigenvalue weighted by Crippen LogP contribution is -2.15. The topological polar surface area (TPSA) is 85.7 Å². The lowest BCUT2D eigenvalue weighted by atomic mass is 10.2. The van der Waals surface area contributed by atoms with Gasteiger partial charge in [-0.2, -0.15) is 4.98 Å². The molecular formula is C17H15N5O3. The fourth-order valence-corrected chi connectivity index (χ4v) is 2.95. The zero-order valence-electron chi connectivity index (χ0n) is 13.4.